The van der Waals surface area contributed by atoms with Gasteiger partial charge in [0, 0.05) is 23.7 Å². The topological polar surface area (TPSA) is 65.2 Å². The van der Waals surface area contributed by atoms with Gasteiger partial charge in [0.1, 0.15) is 0 Å². The first kappa shape index (κ1) is 28.7. The van der Waals surface area contributed by atoms with Gasteiger partial charge in [0.05, 0.1) is 12.1 Å². The third-order valence-electron chi connectivity index (χ3n) is 5.63. The van der Waals surface area contributed by atoms with Gasteiger partial charge in [-0.1, -0.05) is 88.6 Å². The zero-order valence-electron chi connectivity index (χ0n) is 21.1. The monoisotopic (exact) mass is 454 g/mol. The molecule has 2 N–H and O–H groups in total. The van der Waals surface area contributed by atoms with Gasteiger partial charge >= 0.3 is 5.97 Å². The molecule has 0 fully saturated rings. The normalized spacial score (nSPS) is 10.8. The Bertz CT molecular complexity index is 768. The Hall–Kier alpha value is -2.36. The van der Waals surface area contributed by atoms with E-state index in [0.29, 0.717) is 13.0 Å². The Morgan fingerprint density at radius 2 is 1.45 bits per heavy atom. The van der Waals surface area contributed by atoms with Gasteiger partial charge in [-0.2, -0.15) is 0 Å². The molecule has 0 radical (unpaired) electrons. The highest BCUT2D eigenvalue weighted by Crippen LogP contribution is 2.16. The Morgan fingerprint density at radius 1 is 0.848 bits per heavy atom. The molecule has 0 amide bonds. The second-order valence-electron chi connectivity index (χ2n) is 8.56. The number of hydrogen-bond donors (Lipinski definition) is 1. The van der Waals surface area contributed by atoms with Gasteiger partial charge in [-0.25, -0.2) is 0 Å². The van der Waals surface area contributed by atoms with Crippen molar-refractivity contribution in [3.05, 3.63) is 48.7 Å². The fourth-order valence-corrected chi connectivity index (χ4v) is 3.69. The van der Waals surface area contributed by atoms with Gasteiger partial charge in [-0.05, 0) is 51.2 Å². The van der Waals surface area contributed by atoms with E-state index in [2.05, 4.69) is 24.1 Å². The Morgan fingerprint density at radius 3 is 2.09 bits per heavy atom. The number of aromatic nitrogens is 1. The van der Waals surface area contributed by atoms with Gasteiger partial charge in [0.25, 0.3) is 0 Å². The molecule has 0 aliphatic rings. The van der Waals surface area contributed by atoms with Crippen LogP contribution in [0.15, 0.2) is 48.7 Å². The van der Waals surface area contributed by atoms with Gasteiger partial charge in [0.2, 0.25) is 0 Å². The van der Waals surface area contributed by atoms with E-state index in [1.807, 2.05) is 37.3 Å². The highest BCUT2D eigenvalue weighted by Gasteiger charge is 2.00. The molecular formula is C29H46N2O2. The summed E-state index contributed by atoms with van der Waals surface area (Å²) in [6.45, 7) is 4.63. The number of pyridine rings is 1. The minimum absolute atomic E-state index is 0.0415. The molecule has 1 aromatic carbocycles. The molecule has 0 unspecified atom stereocenters. The largest absolute Gasteiger partial charge is 0.466 e. The van der Waals surface area contributed by atoms with Gasteiger partial charge < -0.3 is 10.5 Å². The number of benzene rings is 1. The number of anilines is 1. The first-order chi connectivity index (χ1) is 16.2. The standard InChI is InChI=1S/C20H38O2.C9H8N2/c1-3-5-6-7-8-9-10-11-12-13-14-15-16-17-18-19-20(21)22-4-2;10-8-5-6-11-9-4-2-1-3-7(8)9/h11-12H,3-10,13-19H2,1-2H3;1-6H,(H2,10,11). The fourth-order valence-electron chi connectivity index (χ4n) is 3.69. The number of carbonyl (C=O) groups excluding carboxylic acids is 1. The number of unbranched alkanes of at least 4 members (excludes halogenated alkanes) is 11. The van der Waals surface area contributed by atoms with Crippen molar-refractivity contribution in [3.63, 3.8) is 0 Å². The van der Waals surface area contributed by atoms with E-state index in [0.717, 1.165) is 29.4 Å². The van der Waals surface area contributed by atoms with Crippen LogP contribution in [0, 0.1) is 0 Å². The van der Waals surface area contributed by atoms with Crippen molar-refractivity contribution in [3.8, 4) is 0 Å². The van der Waals surface area contributed by atoms with Gasteiger partial charge in [0.15, 0.2) is 0 Å². The molecule has 33 heavy (non-hydrogen) atoms. The minimum atomic E-state index is -0.0415. The lowest BCUT2D eigenvalue weighted by molar-refractivity contribution is -0.143. The molecule has 0 bridgehead atoms. The molecule has 2 rings (SSSR count). The summed E-state index contributed by atoms with van der Waals surface area (Å²) in [4.78, 5) is 15.3. The molecule has 2 aromatic rings. The predicted molar refractivity (Wildman–Crippen MR) is 142 cm³/mol. The van der Waals surface area contributed by atoms with E-state index >= 15 is 0 Å². The van der Waals surface area contributed by atoms with Crippen molar-refractivity contribution < 1.29 is 9.53 Å². The van der Waals surface area contributed by atoms with Crippen LogP contribution in [0.3, 0.4) is 0 Å². The van der Waals surface area contributed by atoms with Crippen molar-refractivity contribution in [1.82, 2.24) is 4.98 Å². The summed E-state index contributed by atoms with van der Waals surface area (Å²) < 4.78 is 4.91. The number of fused-ring (bicyclic) bond motifs is 1. The second kappa shape index (κ2) is 20.3. The van der Waals surface area contributed by atoms with Crippen LogP contribution in [0.2, 0.25) is 0 Å². The summed E-state index contributed by atoms with van der Waals surface area (Å²) in [6, 6.07) is 9.64. The lowest BCUT2D eigenvalue weighted by Crippen LogP contribution is -2.03. The number of hydrogen-bond acceptors (Lipinski definition) is 4. The van der Waals surface area contributed by atoms with Crippen LogP contribution in [0.25, 0.3) is 10.9 Å². The maximum Gasteiger partial charge on any atom is 0.305 e. The van der Waals surface area contributed by atoms with Crippen molar-refractivity contribution in [2.75, 3.05) is 12.3 Å². The first-order valence-electron chi connectivity index (χ1n) is 13.1. The summed E-state index contributed by atoms with van der Waals surface area (Å²) in [7, 11) is 0. The van der Waals surface area contributed by atoms with Crippen LogP contribution < -0.4 is 5.73 Å². The number of nitrogens with zero attached hydrogens (tertiary/aromatic N) is 1. The van der Waals surface area contributed by atoms with E-state index in [-0.39, 0.29) is 5.97 Å². The van der Waals surface area contributed by atoms with Crippen LogP contribution in [0.5, 0.6) is 0 Å². The SMILES string of the molecule is CCCCCCCCC=CCCCCCCCC(=O)OCC.Nc1ccnc2ccccc12. The van der Waals surface area contributed by atoms with E-state index in [1.165, 1.54) is 70.6 Å². The number of esters is 1. The lowest BCUT2D eigenvalue weighted by Gasteiger charge is -2.01. The summed E-state index contributed by atoms with van der Waals surface area (Å²) in [5.41, 5.74) is 7.46. The number of allylic oxidation sites excluding steroid dienone is 2. The molecular weight excluding hydrogens is 408 g/mol. The molecule has 0 aliphatic carbocycles. The third kappa shape index (κ3) is 15.2. The average molecular weight is 455 g/mol. The summed E-state index contributed by atoms with van der Waals surface area (Å²) in [5.74, 6) is -0.0415. The lowest BCUT2D eigenvalue weighted by atomic mass is 10.1. The van der Waals surface area contributed by atoms with E-state index in [1.54, 1.807) is 6.20 Å². The maximum atomic E-state index is 11.1. The molecule has 0 saturated heterocycles. The smallest absolute Gasteiger partial charge is 0.305 e. The Kier molecular flexibility index (Phi) is 17.6. The quantitative estimate of drug-likeness (QED) is 0.157. The molecule has 0 atom stereocenters. The van der Waals surface area contributed by atoms with Crippen molar-refractivity contribution in [2.45, 2.75) is 104 Å². The number of nitrogens with two attached hydrogens (primary N) is 1. The highest BCUT2D eigenvalue weighted by atomic mass is 16.5. The maximum absolute atomic E-state index is 11.1. The number of nitrogen functional groups attached to an aromatic ring is 1. The number of rotatable bonds is 16. The Labute approximate surface area is 202 Å². The van der Waals surface area contributed by atoms with Crippen molar-refractivity contribution >= 4 is 22.6 Å². The summed E-state index contributed by atoms with van der Waals surface area (Å²) in [6.07, 6.45) is 23.7. The van der Waals surface area contributed by atoms with Crippen molar-refractivity contribution in [2.24, 2.45) is 0 Å². The Balaban J connectivity index is 0.000000405. The summed E-state index contributed by atoms with van der Waals surface area (Å²) in [5, 5.41) is 1.02. The predicted octanol–water partition coefficient (Wildman–Crippen LogP) is 8.40. The molecule has 4 heteroatoms. The number of ether oxygens (including phenoxy) is 1. The molecule has 0 aliphatic heterocycles. The zero-order valence-corrected chi connectivity index (χ0v) is 21.1. The summed E-state index contributed by atoms with van der Waals surface area (Å²) >= 11 is 0. The second-order valence-corrected chi connectivity index (χ2v) is 8.56. The fraction of sp³-hybridized carbons (Fsp3) is 0.586. The average Bonchev–Trinajstić information content (AvgIpc) is 2.82. The van der Waals surface area contributed by atoms with Crippen molar-refractivity contribution in [1.29, 1.82) is 0 Å². The van der Waals surface area contributed by atoms with Crippen LogP contribution in [0.1, 0.15) is 104 Å². The molecule has 184 valence electrons. The highest BCUT2D eigenvalue weighted by molar-refractivity contribution is 5.89. The molecule has 0 spiro atoms. The van der Waals surface area contributed by atoms with Crippen LogP contribution in [-0.2, 0) is 9.53 Å². The van der Waals surface area contributed by atoms with Crippen LogP contribution in [0.4, 0.5) is 5.69 Å². The van der Waals surface area contributed by atoms with E-state index in [4.69, 9.17) is 10.5 Å². The minimum Gasteiger partial charge on any atom is -0.466 e. The first-order valence-corrected chi connectivity index (χ1v) is 13.1. The third-order valence-corrected chi connectivity index (χ3v) is 5.63. The molecule has 4 nitrogen and oxygen atoms in total. The van der Waals surface area contributed by atoms with Crippen LogP contribution >= 0.6 is 0 Å². The van der Waals surface area contributed by atoms with E-state index in [9.17, 15) is 4.79 Å². The number of carbonyl (C=O) groups is 1. The molecule has 1 aromatic heterocycles. The zero-order chi connectivity index (χ0) is 24.0. The molecule has 1 heterocycles. The van der Waals surface area contributed by atoms with Gasteiger partial charge in [-0.3, -0.25) is 9.78 Å². The van der Waals surface area contributed by atoms with E-state index < -0.39 is 0 Å². The van der Waals surface area contributed by atoms with Gasteiger partial charge in [-0.15, -0.1) is 0 Å². The number of para-hydroxylation sites is 1. The van der Waals surface area contributed by atoms with Crippen LogP contribution in [-0.4, -0.2) is 17.6 Å². The molecule has 0 saturated carbocycles.